The van der Waals surface area contributed by atoms with Crippen molar-refractivity contribution >= 4 is 0 Å². The summed E-state index contributed by atoms with van der Waals surface area (Å²) >= 11 is 0. The molecule has 8 aromatic heterocycles. The van der Waals surface area contributed by atoms with E-state index in [2.05, 4.69) is 232 Å². The summed E-state index contributed by atoms with van der Waals surface area (Å²) in [5.41, 5.74) is 30.4. The SMILES string of the molecule is CC(C)Cc1ccc(-c2[c-]cccc2)nc1.CC(C)c1ccc(-c2[c-]cccc2)nc1.CCc1ccc(-c2[c-]cccc2)nc1.Cc1ccc(-c2[c-]cccc2)nc1.[Ir].[Ir].[Ir].[Ir].[c-]1ccccc1-c1ccc(-c2ccccc2)cn1.[c-]1ccccc1-c1ccc(-c2ccccc2)cn1.[c-]1ccccc1-c1ccc(-c2ccccc2)cn1.[c-]1ccccc1-c1ccc(-c2ccccc2)cn1. The Labute approximate surface area is 846 Å². The maximum Gasteiger partial charge on any atom is 0.0239 e. The van der Waals surface area contributed by atoms with Crippen LogP contribution in [0.25, 0.3) is 135 Å². The number of aromatic nitrogens is 8. The third kappa shape index (κ3) is 33.6. The van der Waals surface area contributed by atoms with Crippen LogP contribution in [0.15, 0.2) is 462 Å². The van der Waals surface area contributed by atoms with E-state index in [1.165, 1.54) is 44.5 Å². The van der Waals surface area contributed by atoms with Gasteiger partial charge in [-0.1, -0.05) is 253 Å². The summed E-state index contributed by atoms with van der Waals surface area (Å²) in [5, 5.41) is 0. The Kier molecular flexibility index (Phi) is 44.8. The Morgan fingerprint density at radius 1 is 0.201 bits per heavy atom. The van der Waals surface area contributed by atoms with Gasteiger partial charge in [0.15, 0.2) is 0 Å². The van der Waals surface area contributed by atoms with Crippen molar-refractivity contribution < 1.29 is 80.4 Å². The van der Waals surface area contributed by atoms with Gasteiger partial charge < -0.3 is 39.9 Å². The van der Waals surface area contributed by atoms with Crippen LogP contribution in [-0.4, -0.2) is 39.9 Å². The molecular weight excluding hydrogens is 2350 g/mol. The summed E-state index contributed by atoms with van der Waals surface area (Å²) in [5.74, 6) is 1.21. The van der Waals surface area contributed by atoms with Crippen LogP contribution in [0, 0.1) is 61.4 Å². The number of hydrogen-bond acceptors (Lipinski definition) is 8. The first-order valence-corrected chi connectivity index (χ1v) is 43.6. The fourth-order valence-electron chi connectivity index (χ4n) is 13.3. The minimum absolute atomic E-state index is 0. The second kappa shape index (κ2) is 57.7. The molecule has 12 heteroatoms. The molecule has 20 aromatic rings. The number of pyridine rings is 8. The number of aryl methyl sites for hydroxylation is 2. The van der Waals surface area contributed by atoms with Crippen LogP contribution >= 0.6 is 0 Å². The van der Waals surface area contributed by atoms with E-state index < -0.39 is 0 Å². The molecule has 0 fully saturated rings. The van der Waals surface area contributed by atoms with Crippen LogP contribution in [0.3, 0.4) is 0 Å². The summed E-state index contributed by atoms with van der Waals surface area (Å²) in [6.07, 6.45) is 17.5. The van der Waals surface area contributed by atoms with Crippen molar-refractivity contribution in [2.45, 2.75) is 60.3 Å². The van der Waals surface area contributed by atoms with E-state index in [0.29, 0.717) is 11.8 Å². The van der Waals surface area contributed by atoms with Gasteiger partial charge >= 0.3 is 0 Å². The van der Waals surface area contributed by atoms with Gasteiger partial charge in [-0.25, -0.2) is 0 Å². The second-order valence-electron chi connectivity index (χ2n) is 30.8. The monoisotopic (exact) mass is 2450 g/mol. The van der Waals surface area contributed by atoms with Crippen molar-refractivity contribution in [1.82, 2.24) is 39.9 Å². The largest absolute Gasteiger partial charge is 0.304 e. The van der Waals surface area contributed by atoms with Gasteiger partial charge in [-0.15, -0.1) is 287 Å². The predicted molar refractivity (Wildman–Crippen MR) is 537 cm³/mol. The molecule has 134 heavy (non-hydrogen) atoms. The third-order valence-corrected chi connectivity index (χ3v) is 20.4. The molecule has 0 aliphatic carbocycles. The zero-order chi connectivity index (χ0) is 89.8. The molecule has 0 aliphatic rings. The van der Waals surface area contributed by atoms with Crippen LogP contribution in [0.4, 0.5) is 0 Å². The van der Waals surface area contributed by atoms with Gasteiger partial charge in [0.05, 0.1) is 0 Å². The van der Waals surface area contributed by atoms with E-state index in [9.17, 15) is 0 Å². The summed E-state index contributed by atoms with van der Waals surface area (Å²) in [7, 11) is 0. The van der Waals surface area contributed by atoms with E-state index in [1.54, 1.807) is 0 Å². The number of nitrogens with zero attached hydrogens (tertiary/aromatic N) is 8. The molecule has 20 rings (SSSR count). The van der Waals surface area contributed by atoms with Crippen molar-refractivity contribution in [3.8, 4) is 135 Å². The molecule has 0 bridgehead atoms. The molecule has 0 saturated heterocycles. The summed E-state index contributed by atoms with van der Waals surface area (Å²) < 4.78 is 0. The normalized spacial score (nSPS) is 9.97. The van der Waals surface area contributed by atoms with Crippen molar-refractivity contribution in [2.24, 2.45) is 5.92 Å². The molecule has 0 atom stereocenters. The molecule has 672 valence electrons. The molecule has 0 unspecified atom stereocenters. The average molecular weight is 2450 g/mol. The van der Waals surface area contributed by atoms with Crippen LogP contribution in [0.2, 0.25) is 0 Å². The van der Waals surface area contributed by atoms with Crippen LogP contribution in [0.1, 0.15) is 62.8 Å². The molecule has 4 radical (unpaired) electrons. The molecule has 8 heterocycles. The molecule has 0 spiro atoms. The fraction of sp³-hybridized carbons (Fsp3) is 0.0820. The topological polar surface area (TPSA) is 103 Å². The summed E-state index contributed by atoms with van der Waals surface area (Å²) in [6, 6.07) is 163. The molecule has 0 amide bonds. The van der Waals surface area contributed by atoms with E-state index in [1.807, 2.05) is 360 Å². The molecule has 0 N–H and O–H groups in total. The second-order valence-corrected chi connectivity index (χ2v) is 30.8. The smallest absolute Gasteiger partial charge is 0.0239 e. The molecule has 12 aromatic carbocycles. The zero-order valence-electron chi connectivity index (χ0n) is 75.4. The molecule has 0 saturated carbocycles. The zero-order valence-corrected chi connectivity index (χ0v) is 84.9. The minimum atomic E-state index is 0. The minimum Gasteiger partial charge on any atom is -0.304 e. The summed E-state index contributed by atoms with van der Waals surface area (Å²) in [6.45, 7) is 12.9. The van der Waals surface area contributed by atoms with E-state index in [-0.39, 0.29) is 80.4 Å². The van der Waals surface area contributed by atoms with Crippen molar-refractivity contribution in [3.05, 3.63) is 533 Å². The Morgan fingerprint density at radius 2 is 0.418 bits per heavy atom. The van der Waals surface area contributed by atoms with Crippen LogP contribution in [-0.2, 0) is 93.3 Å². The van der Waals surface area contributed by atoms with Gasteiger partial charge in [-0.3, -0.25) is 0 Å². The Balaban J connectivity index is 0.000000172. The first kappa shape index (κ1) is 104. The quantitative estimate of drug-likeness (QED) is 0.0882. The molecule has 0 aliphatic heterocycles. The van der Waals surface area contributed by atoms with E-state index in [4.69, 9.17) is 0 Å². The van der Waals surface area contributed by atoms with Gasteiger partial charge in [-0.05, 0) is 144 Å². The van der Waals surface area contributed by atoms with Gasteiger partial charge in [0.1, 0.15) is 0 Å². The molecular formula is C122H100Ir4N8-8. The van der Waals surface area contributed by atoms with Gasteiger partial charge in [-0.2, -0.15) is 0 Å². The van der Waals surface area contributed by atoms with E-state index in [0.717, 1.165) is 125 Å². The van der Waals surface area contributed by atoms with E-state index >= 15 is 0 Å². The van der Waals surface area contributed by atoms with Gasteiger partial charge in [0, 0.05) is 130 Å². The Hall–Kier alpha value is -13.6. The average Bonchev–Trinajstić information content (AvgIpc) is 0.843. The summed E-state index contributed by atoms with van der Waals surface area (Å²) in [4.78, 5) is 35.6. The number of rotatable bonds is 16. The van der Waals surface area contributed by atoms with Crippen LogP contribution in [0.5, 0.6) is 0 Å². The third-order valence-electron chi connectivity index (χ3n) is 20.4. The van der Waals surface area contributed by atoms with Crippen molar-refractivity contribution in [2.75, 3.05) is 0 Å². The first-order valence-electron chi connectivity index (χ1n) is 43.6. The van der Waals surface area contributed by atoms with Crippen molar-refractivity contribution in [3.63, 3.8) is 0 Å². The maximum absolute atomic E-state index is 4.49. The Bertz CT molecular complexity index is 5800. The fourth-order valence-corrected chi connectivity index (χ4v) is 13.3. The predicted octanol–water partition coefficient (Wildman–Crippen LogP) is 30.2. The van der Waals surface area contributed by atoms with Crippen LogP contribution < -0.4 is 0 Å². The number of hydrogen-bond donors (Lipinski definition) is 0. The maximum atomic E-state index is 4.49. The standard InChI is InChI=1S/4C17H12N.C15H16N.C14H14N.C13H12N.C12H10N.4Ir/c4*1-3-7-14(8-4-1)16-11-12-17(18-13-16)15-9-5-2-6-10-15;1-12(2)10-13-8-9-15(16-11-13)14-6-4-3-5-7-14;1-11(2)13-8-9-14(15-10-13)12-6-4-3-5-7-12;1-2-11-8-9-13(14-10-11)12-6-4-3-5-7-12;1-10-7-8-12(13-9-10)11-5-3-2-4-6-11;;;;/h4*1-9,11-13H;3-6,8-9,11-12H,10H2,1-2H3;3-6,8-11H,1-2H3;3-6,8-10H,2H2,1H3;2-5,7-9H,1H3;;;;/q8*-1;;;;. The molecule has 8 nitrogen and oxygen atoms in total. The van der Waals surface area contributed by atoms with Gasteiger partial charge in [0.2, 0.25) is 0 Å². The van der Waals surface area contributed by atoms with Gasteiger partial charge in [0.25, 0.3) is 0 Å². The number of benzene rings is 12. The first-order chi connectivity index (χ1) is 64.0. The van der Waals surface area contributed by atoms with Crippen molar-refractivity contribution in [1.29, 1.82) is 0 Å². The Morgan fingerprint density at radius 3 is 0.597 bits per heavy atom.